The van der Waals surface area contributed by atoms with Crippen LogP contribution in [0.2, 0.25) is 0 Å². The van der Waals surface area contributed by atoms with Gasteiger partial charge in [0.15, 0.2) is 5.76 Å². The predicted molar refractivity (Wildman–Crippen MR) is 89.9 cm³/mol. The number of ether oxygens (including phenoxy) is 2. The fraction of sp³-hybridized carbons (Fsp3) is 0.421. The SMILES string of the molecule is C=CCOC1C2CCC1N(C(=O)c1cc3ccccc3o1)CCO2. The van der Waals surface area contributed by atoms with E-state index in [2.05, 4.69) is 6.58 Å². The van der Waals surface area contributed by atoms with Crippen molar-refractivity contribution in [1.82, 2.24) is 4.90 Å². The third-order valence-corrected chi connectivity index (χ3v) is 4.86. The maximum absolute atomic E-state index is 13.0. The first-order valence-electron chi connectivity index (χ1n) is 8.41. The molecule has 2 aliphatic rings. The van der Waals surface area contributed by atoms with E-state index in [0.717, 1.165) is 23.8 Å². The molecule has 1 aromatic carbocycles. The predicted octanol–water partition coefficient (Wildman–Crippen LogP) is 3.01. The van der Waals surface area contributed by atoms with Gasteiger partial charge in [0.1, 0.15) is 11.7 Å². The van der Waals surface area contributed by atoms with E-state index >= 15 is 0 Å². The molecule has 0 N–H and O–H groups in total. The van der Waals surface area contributed by atoms with Gasteiger partial charge in [0, 0.05) is 11.9 Å². The lowest BCUT2D eigenvalue weighted by atomic mass is 10.1. The molecular formula is C19H21NO4. The summed E-state index contributed by atoms with van der Waals surface area (Å²) < 4.78 is 17.6. The summed E-state index contributed by atoms with van der Waals surface area (Å²) in [5.41, 5.74) is 0.732. The molecule has 4 rings (SSSR count). The molecule has 5 heteroatoms. The fourth-order valence-electron chi connectivity index (χ4n) is 3.77. The summed E-state index contributed by atoms with van der Waals surface area (Å²) in [5, 5.41) is 0.940. The highest BCUT2D eigenvalue weighted by molar-refractivity contribution is 5.96. The zero-order valence-electron chi connectivity index (χ0n) is 13.5. The maximum atomic E-state index is 13.0. The number of hydrogen-bond donors (Lipinski definition) is 0. The first-order valence-corrected chi connectivity index (χ1v) is 8.41. The van der Waals surface area contributed by atoms with Crippen molar-refractivity contribution < 1.29 is 18.7 Å². The van der Waals surface area contributed by atoms with Crippen molar-refractivity contribution in [1.29, 1.82) is 0 Å². The van der Waals surface area contributed by atoms with Crippen molar-refractivity contribution in [3.63, 3.8) is 0 Å². The lowest BCUT2D eigenvalue weighted by molar-refractivity contribution is -0.0435. The monoisotopic (exact) mass is 327 g/mol. The molecule has 1 amide bonds. The normalized spacial score (nSPS) is 26.5. The second-order valence-corrected chi connectivity index (χ2v) is 6.29. The summed E-state index contributed by atoms with van der Waals surface area (Å²) in [7, 11) is 0. The van der Waals surface area contributed by atoms with Gasteiger partial charge in [-0.15, -0.1) is 6.58 Å². The van der Waals surface area contributed by atoms with Gasteiger partial charge >= 0.3 is 0 Å². The molecule has 126 valence electrons. The summed E-state index contributed by atoms with van der Waals surface area (Å²) in [4.78, 5) is 14.9. The Kier molecular flexibility index (Phi) is 4.12. The molecule has 2 aromatic rings. The van der Waals surface area contributed by atoms with Crippen LogP contribution in [-0.2, 0) is 9.47 Å². The Hall–Kier alpha value is -2.11. The highest BCUT2D eigenvalue weighted by atomic mass is 16.5. The largest absolute Gasteiger partial charge is 0.451 e. The number of furan rings is 1. The van der Waals surface area contributed by atoms with E-state index in [-0.39, 0.29) is 24.2 Å². The van der Waals surface area contributed by atoms with Crippen molar-refractivity contribution in [2.75, 3.05) is 19.8 Å². The minimum absolute atomic E-state index is 0.0261. The van der Waals surface area contributed by atoms with Crippen LogP contribution in [0, 0.1) is 0 Å². The molecule has 1 saturated carbocycles. The zero-order chi connectivity index (χ0) is 16.5. The van der Waals surface area contributed by atoms with Crippen LogP contribution in [0.5, 0.6) is 0 Å². The van der Waals surface area contributed by atoms with Crippen molar-refractivity contribution in [3.05, 3.63) is 48.7 Å². The highest BCUT2D eigenvalue weighted by Gasteiger charge is 2.45. The van der Waals surface area contributed by atoms with Gasteiger partial charge in [0.25, 0.3) is 5.91 Å². The molecule has 2 fully saturated rings. The molecule has 5 nitrogen and oxygen atoms in total. The molecule has 3 atom stereocenters. The topological polar surface area (TPSA) is 51.9 Å². The van der Waals surface area contributed by atoms with Gasteiger partial charge in [-0.25, -0.2) is 0 Å². The Morgan fingerprint density at radius 1 is 1.38 bits per heavy atom. The number of fused-ring (bicyclic) bond motifs is 3. The van der Waals surface area contributed by atoms with Crippen LogP contribution in [0.3, 0.4) is 0 Å². The average molecular weight is 327 g/mol. The quantitative estimate of drug-likeness (QED) is 0.810. The molecule has 1 aliphatic carbocycles. The van der Waals surface area contributed by atoms with E-state index in [1.54, 1.807) is 6.08 Å². The minimum Gasteiger partial charge on any atom is -0.451 e. The maximum Gasteiger partial charge on any atom is 0.290 e. The molecule has 1 aliphatic heterocycles. The number of benzene rings is 1. The van der Waals surface area contributed by atoms with Gasteiger partial charge in [0.05, 0.1) is 25.4 Å². The summed E-state index contributed by atoms with van der Waals surface area (Å²) in [5.74, 6) is 0.290. The summed E-state index contributed by atoms with van der Waals surface area (Å²) in [6.45, 7) is 5.26. The second kappa shape index (κ2) is 6.42. The van der Waals surface area contributed by atoms with Gasteiger partial charge in [-0.1, -0.05) is 24.3 Å². The Morgan fingerprint density at radius 2 is 2.25 bits per heavy atom. The lowest BCUT2D eigenvalue weighted by Gasteiger charge is -2.30. The van der Waals surface area contributed by atoms with Crippen molar-refractivity contribution in [2.24, 2.45) is 0 Å². The minimum atomic E-state index is -0.0983. The Bertz CT molecular complexity index is 720. The van der Waals surface area contributed by atoms with Crippen molar-refractivity contribution in [2.45, 2.75) is 31.1 Å². The average Bonchev–Trinajstić information content (AvgIpc) is 3.13. The van der Waals surface area contributed by atoms with Crippen LogP contribution < -0.4 is 0 Å². The standard InChI is InChI=1S/C19H21NO4/c1-2-10-23-18-14-7-8-16(18)22-11-9-20(14)19(21)17-12-13-5-3-4-6-15(13)24-17/h2-6,12,14,16,18H,1,7-11H2. The van der Waals surface area contributed by atoms with E-state index in [1.807, 2.05) is 35.2 Å². The zero-order valence-corrected chi connectivity index (χ0v) is 13.5. The van der Waals surface area contributed by atoms with Gasteiger partial charge in [-0.3, -0.25) is 4.79 Å². The molecule has 0 radical (unpaired) electrons. The molecular weight excluding hydrogens is 306 g/mol. The van der Waals surface area contributed by atoms with Gasteiger partial charge in [0.2, 0.25) is 0 Å². The number of rotatable bonds is 4. The second-order valence-electron chi connectivity index (χ2n) is 6.29. The van der Waals surface area contributed by atoms with Crippen molar-refractivity contribution in [3.8, 4) is 0 Å². The number of nitrogens with zero attached hydrogens (tertiary/aromatic N) is 1. The molecule has 24 heavy (non-hydrogen) atoms. The number of amides is 1. The highest BCUT2D eigenvalue weighted by Crippen LogP contribution is 2.33. The Labute approximate surface area is 140 Å². The van der Waals surface area contributed by atoms with Crippen LogP contribution in [0.4, 0.5) is 0 Å². The number of carbonyl (C=O) groups excluding carboxylic acids is 1. The number of hydrogen-bond acceptors (Lipinski definition) is 4. The molecule has 1 saturated heterocycles. The number of carbonyl (C=O) groups is 1. The van der Waals surface area contributed by atoms with Gasteiger partial charge < -0.3 is 18.8 Å². The lowest BCUT2D eigenvalue weighted by Crippen LogP contribution is -2.46. The van der Waals surface area contributed by atoms with E-state index in [0.29, 0.717) is 25.5 Å². The third-order valence-electron chi connectivity index (χ3n) is 4.86. The summed E-state index contributed by atoms with van der Waals surface area (Å²) in [6, 6.07) is 9.50. The van der Waals surface area contributed by atoms with Crippen LogP contribution in [-0.4, -0.2) is 48.8 Å². The molecule has 3 unspecified atom stereocenters. The smallest absolute Gasteiger partial charge is 0.290 e. The first kappa shape index (κ1) is 15.4. The Morgan fingerprint density at radius 3 is 3.08 bits per heavy atom. The van der Waals surface area contributed by atoms with Crippen LogP contribution >= 0.6 is 0 Å². The molecule has 2 bridgehead atoms. The first-order chi connectivity index (χ1) is 11.8. The van der Waals surface area contributed by atoms with Crippen LogP contribution in [0.1, 0.15) is 23.4 Å². The number of para-hydroxylation sites is 1. The molecule has 2 heterocycles. The molecule has 1 aromatic heterocycles. The van der Waals surface area contributed by atoms with E-state index < -0.39 is 0 Å². The van der Waals surface area contributed by atoms with Gasteiger partial charge in [-0.2, -0.15) is 0 Å². The summed E-state index contributed by atoms with van der Waals surface area (Å²) in [6.07, 6.45) is 3.49. The van der Waals surface area contributed by atoms with Crippen LogP contribution in [0.15, 0.2) is 47.4 Å². The Balaban J connectivity index is 1.61. The van der Waals surface area contributed by atoms with E-state index in [9.17, 15) is 4.79 Å². The van der Waals surface area contributed by atoms with Crippen LogP contribution in [0.25, 0.3) is 11.0 Å². The molecule has 0 spiro atoms. The fourth-order valence-corrected chi connectivity index (χ4v) is 3.77. The van der Waals surface area contributed by atoms with Gasteiger partial charge in [-0.05, 0) is 25.0 Å². The van der Waals surface area contributed by atoms with Crippen molar-refractivity contribution >= 4 is 16.9 Å². The van der Waals surface area contributed by atoms with E-state index in [1.165, 1.54) is 0 Å². The van der Waals surface area contributed by atoms with E-state index in [4.69, 9.17) is 13.9 Å². The summed E-state index contributed by atoms with van der Waals surface area (Å²) >= 11 is 0. The third kappa shape index (κ3) is 2.64.